The standard InChI is InChI=1S/C26H58O6P2/c1-27-13-7-19-33(20-8-14-28-2,21-9-15-29-3)25-26-34(22-10-16-30-4,23-11-17-31-5)24-12-18-32-6/h7-26H2,1-6H3/q+2. The van der Waals surface area contributed by atoms with E-state index in [9.17, 15) is 0 Å². The van der Waals surface area contributed by atoms with Crippen molar-refractivity contribution in [3.8, 4) is 0 Å². The molecule has 0 saturated carbocycles. The summed E-state index contributed by atoms with van der Waals surface area (Å²) in [7, 11) is 8.75. The molecule has 0 radical (unpaired) electrons. The van der Waals surface area contributed by atoms with Gasteiger partial charge in [0.1, 0.15) is 0 Å². The molecule has 0 heterocycles. The highest BCUT2D eigenvalue weighted by atomic mass is 31.2. The summed E-state index contributed by atoms with van der Waals surface area (Å²) < 4.78 is 32.8. The predicted octanol–water partition coefficient (Wildman–Crippen LogP) is 5.24. The Morgan fingerprint density at radius 1 is 0.294 bits per heavy atom. The van der Waals surface area contributed by atoms with Crippen LogP contribution in [-0.2, 0) is 28.4 Å². The Labute approximate surface area is 213 Å². The van der Waals surface area contributed by atoms with Gasteiger partial charge in [-0.15, -0.1) is 0 Å². The zero-order valence-electron chi connectivity index (χ0n) is 23.5. The number of rotatable bonds is 27. The molecule has 0 saturated heterocycles. The molecule has 0 amide bonds. The highest BCUT2D eigenvalue weighted by Crippen LogP contribution is 2.67. The number of ether oxygens (including phenoxy) is 6. The zero-order chi connectivity index (χ0) is 25.4. The Morgan fingerprint density at radius 3 is 0.618 bits per heavy atom. The van der Waals surface area contributed by atoms with Crippen LogP contribution in [0.4, 0.5) is 0 Å². The Balaban J connectivity index is 5.69. The molecule has 0 aromatic heterocycles. The molecule has 0 spiro atoms. The lowest BCUT2D eigenvalue weighted by atomic mass is 10.5. The van der Waals surface area contributed by atoms with Crippen LogP contribution in [0.1, 0.15) is 38.5 Å². The summed E-state index contributed by atoms with van der Waals surface area (Å²) in [5, 5.41) is 0. The van der Waals surface area contributed by atoms with Crippen LogP contribution in [-0.4, -0.2) is 132 Å². The van der Waals surface area contributed by atoms with Gasteiger partial charge in [-0.05, 0) is 0 Å². The minimum absolute atomic E-state index is 0.867. The summed E-state index contributed by atoms with van der Waals surface area (Å²) in [4.78, 5) is 0. The Hall–Kier alpha value is 0.620. The van der Waals surface area contributed by atoms with E-state index >= 15 is 0 Å². The monoisotopic (exact) mass is 528 g/mol. The van der Waals surface area contributed by atoms with Crippen molar-refractivity contribution in [1.82, 2.24) is 0 Å². The van der Waals surface area contributed by atoms with Gasteiger partial charge in [-0.25, -0.2) is 0 Å². The fraction of sp³-hybridized carbons (Fsp3) is 1.00. The van der Waals surface area contributed by atoms with Gasteiger partial charge in [0.2, 0.25) is 0 Å². The van der Waals surface area contributed by atoms with Gasteiger partial charge in [0.15, 0.2) is 0 Å². The first-order valence-electron chi connectivity index (χ1n) is 13.2. The van der Waals surface area contributed by atoms with Crippen molar-refractivity contribution in [2.75, 3.05) is 132 Å². The summed E-state index contributed by atoms with van der Waals surface area (Å²) in [6.07, 6.45) is 17.9. The first kappa shape index (κ1) is 34.6. The first-order chi connectivity index (χ1) is 16.6. The molecule has 0 aliphatic heterocycles. The summed E-state index contributed by atoms with van der Waals surface area (Å²) in [5.41, 5.74) is 0. The molecule has 0 aliphatic carbocycles. The van der Waals surface area contributed by atoms with Gasteiger partial charge >= 0.3 is 0 Å². The average molecular weight is 529 g/mol. The van der Waals surface area contributed by atoms with E-state index in [2.05, 4.69) is 0 Å². The van der Waals surface area contributed by atoms with E-state index in [0.29, 0.717) is 0 Å². The summed E-state index contributed by atoms with van der Waals surface area (Å²) >= 11 is 0. The molecule has 0 atom stereocenters. The smallest absolute Gasteiger partial charge is 0.0929 e. The number of hydrogen-bond donors (Lipinski definition) is 0. The van der Waals surface area contributed by atoms with Crippen LogP contribution in [0.25, 0.3) is 0 Å². The maximum absolute atomic E-state index is 5.46. The second-order valence-electron chi connectivity index (χ2n) is 9.55. The molecular weight excluding hydrogens is 470 g/mol. The lowest BCUT2D eigenvalue weighted by Crippen LogP contribution is -2.22. The minimum Gasteiger partial charge on any atom is -0.385 e. The molecule has 0 aliphatic rings. The van der Waals surface area contributed by atoms with E-state index in [4.69, 9.17) is 28.4 Å². The quantitative estimate of drug-likeness (QED) is 0.107. The zero-order valence-corrected chi connectivity index (χ0v) is 25.3. The molecule has 8 heteroatoms. The molecular formula is C26H58O6P2+2. The highest BCUT2D eigenvalue weighted by molar-refractivity contribution is 7.79. The summed E-state index contributed by atoms with van der Waals surface area (Å²) in [6.45, 7) is 5.20. The van der Waals surface area contributed by atoms with Crippen LogP contribution in [0.3, 0.4) is 0 Å². The van der Waals surface area contributed by atoms with Gasteiger partial charge in [0.25, 0.3) is 0 Å². The van der Waals surface area contributed by atoms with Crippen LogP contribution in [0.15, 0.2) is 0 Å². The van der Waals surface area contributed by atoms with Gasteiger partial charge in [0, 0.05) is 135 Å². The Kier molecular flexibility index (Phi) is 24.4. The van der Waals surface area contributed by atoms with Crippen LogP contribution >= 0.6 is 14.5 Å². The van der Waals surface area contributed by atoms with E-state index in [1.807, 2.05) is 42.7 Å². The normalized spacial score (nSPS) is 12.5. The number of methoxy groups -OCH3 is 6. The van der Waals surface area contributed by atoms with E-state index in [0.717, 1.165) is 39.6 Å². The van der Waals surface area contributed by atoms with Crippen molar-refractivity contribution in [2.45, 2.75) is 38.5 Å². The average Bonchev–Trinajstić information content (AvgIpc) is 2.83. The largest absolute Gasteiger partial charge is 0.385 e. The predicted molar refractivity (Wildman–Crippen MR) is 152 cm³/mol. The van der Waals surface area contributed by atoms with E-state index < -0.39 is 14.5 Å². The molecule has 0 unspecified atom stereocenters. The molecule has 34 heavy (non-hydrogen) atoms. The SMILES string of the molecule is COCCC[P+](CCCOC)(CCCOC)CC[P+](CCCOC)(CCCOC)CCCOC. The van der Waals surface area contributed by atoms with Crippen molar-refractivity contribution < 1.29 is 28.4 Å². The second-order valence-corrected chi connectivity index (χ2v) is 18.5. The van der Waals surface area contributed by atoms with Gasteiger partial charge in [-0.3, -0.25) is 0 Å². The second kappa shape index (κ2) is 24.0. The molecule has 0 bridgehead atoms. The molecule has 0 fully saturated rings. The molecule has 0 aromatic rings. The lowest BCUT2D eigenvalue weighted by Gasteiger charge is -2.33. The topological polar surface area (TPSA) is 55.4 Å². The van der Waals surface area contributed by atoms with E-state index in [1.165, 1.54) is 87.8 Å². The number of hydrogen-bond acceptors (Lipinski definition) is 6. The lowest BCUT2D eigenvalue weighted by molar-refractivity contribution is 0.196. The van der Waals surface area contributed by atoms with Crippen molar-refractivity contribution >= 4 is 14.5 Å². The molecule has 206 valence electrons. The van der Waals surface area contributed by atoms with Gasteiger partial charge in [-0.2, -0.15) is 0 Å². The van der Waals surface area contributed by atoms with Crippen LogP contribution in [0.5, 0.6) is 0 Å². The van der Waals surface area contributed by atoms with Crippen LogP contribution in [0, 0.1) is 0 Å². The maximum Gasteiger partial charge on any atom is 0.0929 e. The minimum atomic E-state index is -1.10. The fourth-order valence-corrected chi connectivity index (χ4v) is 15.9. The third kappa shape index (κ3) is 17.1. The molecule has 0 N–H and O–H groups in total. The summed E-state index contributed by atoms with van der Waals surface area (Å²) in [5.74, 6) is 0. The fourth-order valence-electron chi connectivity index (χ4n) is 5.03. The van der Waals surface area contributed by atoms with Crippen LogP contribution < -0.4 is 0 Å². The molecule has 6 nitrogen and oxygen atoms in total. The first-order valence-corrected chi connectivity index (χ1v) is 18.3. The van der Waals surface area contributed by atoms with Crippen molar-refractivity contribution in [3.63, 3.8) is 0 Å². The molecule has 0 rings (SSSR count). The van der Waals surface area contributed by atoms with Crippen LogP contribution in [0.2, 0.25) is 0 Å². The van der Waals surface area contributed by atoms with Gasteiger partial charge < -0.3 is 28.4 Å². The van der Waals surface area contributed by atoms with E-state index in [1.54, 1.807) is 0 Å². The Bertz CT molecular complexity index is 337. The molecule has 0 aromatic carbocycles. The van der Waals surface area contributed by atoms with Gasteiger partial charge in [0.05, 0.1) is 49.3 Å². The van der Waals surface area contributed by atoms with Crippen molar-refractivity contribution in [2.24, 2.45) is 0 Å². The maximum atomic E-state index is 5.46. The third-order valence-electron chi connectivity index (χ3n) is 6.93. The highest BCUT2D eigenvalue weighted by Gasteiger charge is 2.43. The van der Waals surface area contributed by atoms with Crippen molar-refractivity contribution in [1.29, 1.82) is 0 Å². The Morgan fingerprint density at radius 2 is 0.471 bits per heavy atom. The van der Waals surface area contributed by atoms with Crippen molar-refractivity contribution in [3.05, 3.63) is 0 Å². The van der Waals surface area contributed by atoms with E-state index in [-0.39, 0.29) is 0 Å². The third-order valence-corrected chi connectivity index (χ3v) is 17.2. The summed E-state index contributed by atoms with van der Waals surface area (Å²) in [6, 6.07) is 0. The van der Waals surface area contributed by atoms with Gasteiger partial charge in [-0.1, -0.05) is 0 Å².